The van der Waals surface area contributed by atoms with Crippen LogP contribution in [0.5, 0.6) is 11.5 Å². The summed E-state index contributed by atoms with van der Waals surface area (Å²) in [5, 5.41) is 14.6. The molecule has 0 heterocycles. The number of nitrogens with one attached hydrogen (secondary N) is 2. The molecule has 2 rings (SSSR count). The number of aromatic carboxylic acids is 1. The lowest BCUT2D eigenvalue weighted by atomic mass is 10.1. The van der Waals surface area contributed by atoms with Gasteiger partial charge in [-0.1, -0.05) is 0 Å². The molecule has 2 aromatic carbocycles. The van der Waals surface area contributed by atoms with Crippen LogP contribution in [0.2, 0.25) is 0 Å². The normalized spacial score (nSPS) is 10.3. The lowest BCUT2D eigenvalue weighted by molar-refractivity contribution is 0.0694. The molecule has 0 radical (unpaired) electrons. The van der Waals surface area contributed by atoms with E-state index in [2.05, 4.69) is 10.6 Å². The zero-order valence-electron chi connectivity index (χ0n) is 13.4. The number of nitrogen functional groups attached to an aromatic ring is 1. The summed E-state index contributed by atoms with van der Waals surface area (Å²) in [5.74, 6) is -0.527. The molecule has 0 aromatic heterocycles. The Morgan fingerprint density at radius 1 is 1.12 bits per heavy atom. The smallest absolute Gasteiger partial charge is 0.339 e. The Morgan fingerprint density at radius 2 is 1.79 bits per heavy atom. The molecule has 0 aliphatic rings. The van der Waals surface area contributed by atoms with Crippen LogP contribution in [0.25, 0.3) is 0 Å². The number of anilines is 2. The fourth-order valence-corrected chi connectivity index (χ4v) is 1.96. The van der Waals surface area contributed by atoms with Gasteiger partial charge in [0, 0.05) is 17.4 Å². The quantitative estimate of drug-likeness (QED) is 0.629. The van der Waals surface area contributed by atoms with Gasteiger partial charge in [-0.2, -0.15) is 0 Å². The lowest BCUT2D eigenvalue weighted by Crippen LogP contribution is -2.34. The molecule has 0 saturated carbocycles. The summed E-state index contributed by atoms with van der Waals surface area (Å²) in [6.07, 6.45) is 0. The molecule has 0 saturated heterocycles. The molecular weight excluding hydrogens is 310 g/mol. The molecule has 0 fully saturated rings. The maximum atomic E-state index is 11.7. The van der Waals surface area contributed by atoms with Crippen LogP contribution in [0.3, 0.4) is 0 Å². The van der Waals surface area contributed by atoms with E-state index in [0.717, 1.165) is 0 Å². The number of rotatable bonds is 5. The van der Waals surface area contributed by atoms with Crippen LogP contribution in [0.1, 0.15) is 24.2 Å². The third kappa shape index (κ3) is 4.64. The number of hydrogen-bond acceptors (Lipinski definition) is 4. The molecule has 126 valence electrons. The van der Waals surface area contributed by atoms with Crippen LogP contribution in [-0.4, -0.2) is 23.1 Å². The Balaban J connectivity index is 2.21. The van der Waals surface area contributed by atoms with Crippen molar-refractivity contribution >= 4 is 23.4 Å². The summed E-state index contributed by atoms with van der Waals surface area (Å²) < 4.78 is 5.59. The summed E-state index contributed by atoms with van der Waals surface area (Å²) >= 11 is 0. The van der Waals surface area contributed by atoms with Gasteiger partial charge in [0.05, 0.1) is 0 Å². The van der Waals surface area contributed by atoms with Gasteiger partial charge in [-0.05, 0) is 56.3 Å². The average molecular weight is 329 g/mol. The van der Waals surface area contributed by atoms with Crippen molar-refractivity contribution in [3.8, 4) is 11.5 Å². The van der Waals surface area contributed by atoms with E-state index in [1.807, 2.05) is 13.8 Å². The van der Waals surface area contributed by atoms with Crippen molar-refractivity contribution in [1.29, 1.82) is 0 Å². The summed E-state index contributed by atoms with van der Waals surface area (Å²) in [6, 6.07) is 10.6. The maximum Gasteiger partial charge on any atom is 0.339 e. The van der Waals surface area contributed by atoms with E-state index in [4.69, 9.17) is 10.5 Å². The SMILES string of the molecule is CC(C)NC(=O)Nc1ccc(Oc2ccc(N)cc2)c(C(=O)O)c1. The molecule has 0 bridgehead atoms. The molecule has 0 spiro atoms. The number of hydrogen-bond donors (Lipinski definition) is 4. The number of carboxylic acids is 1. The van der Waals surface area contributed by atoms with E-state index in [-0.39, 0.29) is 17.4 Å². The van der Waals surface area contributed by atoms with E-state index < -0.39 is 12.0 Å². The Bertz CT molecular complexity index is 742. The number of nitrogens with two attached hydrogens (primary N) is 1. The summed E-state index contributed by atoms with van der Waals surface area (Å²) in [7, 11) is 0. The topological polar surface area (TPSA) is 114 Å². The molecule has 0 unspecified atom stereocenters. The van der Waals surface area contributed by atoms with Gasteiger partial charge < -0.3 is 26.2 Å². The lowest BCUT2D eigenvalue weighted by Gasteiger charge is -2.13. The molecule has 7 nitrogen and oxygen atoms in total. The predicted molar refractivity (Wildman–Crippen MR) is 91.6 cm³/mol. The van der Waals surface area contributed by atoms with Crippen molar-refractivity contribution in [3.63, 3.8) is 0 Å². The van der Waals surface area contributed by atoms with Crippen LogP contribution in [0.4, 0.5) is 16.2 Å². The van der Waals surface area contributed by atoms with E-state index in [1.165, 1.54) is 12.1 Å². The second kappa shape index (κ2) is 7.36. The van der Waals surface area contributed by atoms with Crippen LogP contribution in [-0.2, 0) is 0 Å². The third-order valence-electron chi connectivity index (χ3n) is 3.00. The van der Waals surface area contributed by atoms with E-state index >= 15 is 0 Å². The van der Waals surface area contributed by atoms with Crippen LogP contribution >= 0.6 is 0 Å². The fourth-order valence-electron chi connectivity index (χ4n) is 1.96. The zero-order valence-corrected chi connectivity index (χ0v) is 13.4. The van der Waals surface area contributed by atoms with E-state index in [0.29, 0.717) is 17.1 Å². The Morgan fingerprint density at radius 3 is 2.38 bits per heavy atom. The van der Waals surface area contributed by atoms with Crippen LogP contribution in [0.15, 0.2) is 42.5 Å². The Hall–Kier alpha value is -3.22. The minimum absolute atomic E-state index is 0.0305. The van der Waals surface area contributed by atoms with Crippen LogP contribution < -0.4 is 21.1 Å². The highest BCUT2D eigenvalue weighted by atomic mass is 16.5. The van der Waals surface area contributed by atoms with Gasteiger partial charge in [0.15, 0.2) is 0 Å². The van der Waals surface area contributed by atoms with Gasteiger partial charge in [-0.3, -0.25) is 0 Å². The van der Waals surface area contributed by atoms with Crippen molar-refractivity contribution in [2.75, 3.05) is 11.1 Å². The largest absolute Gasteiger partial charge is 0.478 e. The number of carbonyl (C=O) groups excluding carboxylic acids is 1. The highest BCUT2D eigenvalue weighted by molar-refractivity contribution is 5.95. The fraction of sp³-hybridized carbons (Fsp3) is 0.176. The van der Waals surface area contributed by atoms with E-state index in [9.17, 15) is 14.7 Å². The Labute approximate surface area is 139 Å². The number of amides is 2. The predicted octanol–water partition coefficient (Wildman–Crippen LogP) is 3.29. The second-order valence-corrected chi connectivity index (χ2v) is 5.44. The third-order valence-corrected chi connectivity index (χ3v) is 3.00. The van der Waals surface area contributed by atoms with Crippen molar-refractivity contribution in [2.45, 2.75) is 19.9 Å². The van der Waals surface area contributed by atoms with Gasteiger partial charge in [0.1, 0.15) is 17.1 Å². The molecule has 0 aliphatic heterocycles. The number of carbonyl (C=O) groups is 2. The first-order valence-electron chi connectivity index (χ1n) is 7.33. The minimum Gasteiger partial charge on any atom is -0.478 e. The van der Waals surface area contributed by atoms with Crippen LogP contribution in [0, 0.1) is 0 Å². The maximum absolute atomic E-state index is 11.7. The zero-order chi connectivity index (χ0) is 17.7. The standard InChI is InChI=1S/C17H19N3O4/c1-10(2)19-17(23)20-12-5-8-15(14(9-12)16(21)22)24-13-6-3-11(18)4-7-13/h3-10H,18H2,1-2H3,(H,21,22)(H2,19,20,23). The minimum atomic E-state index is -1.16. The van der Waals surface area contributed by atoms with Gasteiger partial charge in [-0.25, -0.2) is 9.59 Å². The highest BCUT2D eigenvalue weighted by Crippen LogP contribution is 2.28. The molecule has 7 heteroatoms. The Kier molecular flexibility index (Phi) is 5.26. The first-order chi connectivity index (χ1) is 11.3. The van der Waals surface area contributed by atoms with Gasteiger partial charge in [0.2, 0.25) is 0 Å². The first kappa shape index (κ1) is 17.1. The molecule has 2 amide bonds. The summed E-state index contributed by atoms with van der Waals surface area (Å²) in [6.45, 7) is 3.65. The van der Waals surface area contributed by atoms with E-state index in [1.54, 1.807) is 30.3 Å². The summed E-state index contributed by atoms with van der Waals surface area (Å²) in [5.41, 5.74) is 6.48. The monoisotopic (exact) mass is 329 g/mol. The molecular formula is C17H19N3O4. The number of ether oxygens (including phenoxy) is 1. The molecule has 0 aliphatic carbocycles. The van der Waals surface area contributed by atoms with Crippen molar-refractivity contribution in [2.24, 2.45) is 0 Å². The van der Waals surface area contributed by atoms with Crippen molar-refractivity contribution in [1.82, 2.24) is 5.32 Å². The second-order valence-electron chi connectivity index (χ2n) is 5.44. The number of urea groups is 1. The summed E-state index contributed by atoms with van der Waals surface area (Å²) in [4.78, 5) is 23.2. The van der Waals surface area contributed by atoms with Crippen molar-refractivity contribution < 1.29 is 19.4 Å². The van der Waals surface area contributed by atoms with Crippen molar-refractivity contribution in [3.05, 3.63) is 48.0 Å². The average Bonchev–Trinajstić information content (AvgIpc) is 2.50. The molecule has 24 heavy (non-hydrogen) atoms. The van der Waals surface area contributed by atoms with Gasteiger partial charge in [-0.15, -0.1) is 0 Å². The molecule has 2 aromatic rings. The van der Waals surface area contributed by atoms with Gasteiger partial charge >= 0.3 is 12.0 Å². The highest BCUT2D eigenvalue weighted by Gasteiger charge is 2.14. The number of benzene rings is 2. The molecule has 0 atom stereocenters. The number of carboxylic acid groups (broad SMARTS) is 1. The first-order valence-corrected chi connectivity index (χ1v) is 7.33. The van der Waals surface area contributed by atoms with Gasteiger partial charge in [0.25, 0.3) is 0 Å². The molecule has 5 N–H and O–H groups in total.